The summed E-state index contributed by atoms with van der Waals surface area (Å²) in [4.78, 5) is 0.875. The molecule has 0 amide bonds. The van der Waals surface area contributed by atoms with Crippen molar-refractivity contribution in [3.63, 3.8) is 0 Å². The molecule has 0 bridgehead atoms. The first-order valence-electron chi connectivity index (χ1n) is 5.55. The summed E-state index contributed by atoms with van der Waals surface area (Å²) in [6.45, 7) is 1.93. The topological polar surface area (TPSA) is 37.4 Å². The van der Waals surface area contributed by atoms with Crippen LogP contribution in [0.1, 0.15) is 18.2 Å². The lowest BCUT2D eigenvalue weighted by Gasteiger charge is -2.23. The van der Waals surface area contributed by atoms with Crippen LogP contribution in [0.25, 0.3) is 0 Å². The molecule has 1 unspecified atom stereocenters. The van der Waals surface area contributed by atoms with Gasteiger partial charge in [0.05, 0.1) is 5.88 Å². The third kappa shape index (κ3) is 3.87. The highest BCUT2D eigenvalue weighted by Crippen LogP contribution is 2.26. The van der Waals surface area contributed by atoms with Gasteiger partial charge in [0, 0.05) is 18.0 Å². The Kier molecular flexibility index (Phi) is 6.47. The lowest BCUT2D eigenvalue weighted by atomic mass is 10.3. The number of thioether (sulfide) groups is 1. The van der Waals surface area contributed by atoms with Gasteiger partial charge in [-0.1, -0.05) is 0 Å². The summed E-state index contributed by atoms with van der Waals surface area (Å²) in [5.74, 6) is 1.31. The van der Waals surface area contributed by atoms with Crippen LogP contribution in [0.4, 0.5) is 0 Å². The van der Waals surface area contributed by atoms with Gasteiger partial charge < -0.3 is 0 Å². The minimum atomic E-state index is -3.37. The number of nitrogens with zero attached hydrogens (tertiary/aromatic N) is 1. The van der Waals surface area contributed by atoms with E-state index < -0.39 is 10.0 Å². The molecule has 1 rings (SSSR count). The van der Waals surface area contributed by atoms with E-state index in [1.807, 2.05) is 13.2 Å². The first kappa shape index (κ1) is 16.3. The Hall–Kier alpha value is 0.250. The maximum absolute atomic E-state index is 12.4. The van der Waals surface area contributed by atoms with Crippen LogP contribution in [0.3, 0.4) is 0 Å². The Bertz CT molecular complexity index is 472. The second-order valence-electron chi connectivity index (χ2n) is 4.01. The zero-order valence-corrected chi connectivity index (χ0v) is 13.9. The predicted molar refractivity (Wildman–Crippen MR) is 81.3 cm³/mol. The quantitative estimate of drug-likeness (QED) is 0.721. The van der Waals surface area contributed by atoms with Crippen molar-refractivity contribution >= 4 is 44.7 Å². The predicted octanol–water partition coefficient (Wildman–Crippen LogP) is 3.25. The summed E-state index contributed by atoms with van der Waals surface area (Å²) < 4.78 is 26.5. The van der Waals surface area contributed by atoms with Gasteiger partial charge in [-0.15, -0.1) is 22.9 Å². The highest BCUT2D eigenvalue weighted by Gasteiger charge is 2.26. The van der Waals surface area contributed by atoms with Crippen molar-refractivity contribution in [2.75, 3.05) is 19.1 Å². The van der Waals surface area contributed by atoms with E-state index in [0.29, 0.717) is 10.1 Å². The van der Waals surface area contributed by atoms with Crippen molar-refractivity contribution in [2.45, 2.75) is 29.5 Å². The van der Waals surface area contributed by atoms with Gasteiger partial charge in [-0.05, 0) is 37.5 Å². The van der Waals surface area contributed by atoms with E-state index >= 15 is 0 Å². The molecule has 0 saturated carbocycles. The molecule has 0 aliphatic rings. The Morgan fingerprint density at radius 3 is 2.67 bits per heavy atom. The van der Waals surface area contributed by atoms with Crippen LogP contribution in [0, 0.1) is 0 Å². The van der Waals surface area contributed by atoms with Gasteiger partial charge >= 0.3 is 0 Å². The minimum absolute atomic E-state index is 0.00371. The number of halogens is 1. The summed E-state index contributed by atoms with van der Waals surface area (Å²) in [5.41, 5.74) is 0. The zero-order chi connectivity index (χ0) is 13.8. The number of rotatable bonds is 7. The molecule has 3 nitrogen and oxygen atoms in total. The zero-order valence-electron chi connectivity index (χ0n) is 10.7. The molecule has 0 aliphatic carbocycles. The molecular weight excluding hydrogens is 310 g/mol. The average Bonchev–Trinajstić information content (AvgIpc) is 2.84. The second-order valence-corrected chi connectivity index (χ2v) is 8.65. The molecule has 1 atom stereocenters. The van der Waals surface area contributed by atoms with E-state index in [9.17, 15) is 8.42 Å². The van der Waals surface area contributed by atoms with Crippen molar-refractivity contribution in [1.29, 1.82) is 0 Å². The number of hydrogen-bond donors (Lipinski definition) is 0. The van der Waals surface area contributed by atoms with E-state index in [-0.39, 0.29) is 6.04 Å². The Balaban J connectivity index is 2.85. The number of alkyl halides is 1. The maximum Gasteiger partial charge on any atom is 0.252 e. The SMILES string of the molecule is CSCCC(C)N(C)S(=O)(=O)c1ccc(CCl)s1. The number of sulfonamides is 1. The third-order valence-electron chi connectivity index (χ3n) is 2.76. The van der Waals surface area contributed by atoms with Gasteiger partial charge in [-0.25, -0.2) is 8.42 Å². The van der Waals surface area contributed by atoms with Gasteiger partial charge in [-0.2, -0.15) is 16.1 Å². The Morgan fingerprint density at radius 2 is 2.17 bits per heavy atom. The minimum Gasteiger partial charge on any atom is -0.206 e. The fourth-order valence-corrected chi connectivity index (χ4v) is 5.03. The van der Waals surface area contributed by atoms with E-state index in [1.165, 1.54) is 15.6 Å². The monoisotopic (exact) mass is 327 g/mol. The fourth-order valence-electron chi connectivity index (χ4n) is 1.42. The highest BCUT2D eigenvalue weighted by atomic mass is 35.5. The molecule has 0 saturated heterocycles. The van der Waals surface area contributed by atoms with Gasteiger partial charge in [-0.3, -0.25) is 0 Å². The molecule has 0 spiro atoms. The summed E-state index contributed by atoms with van der Waals surface area (Å²) in [6, 6.07) is 3.41. The van der Waals surface area contributed by atoms with Crippen molar-refractivity contribution < 1.29 is 8.42 Å². The van der Waals surface area contributed by atoms with Gasteiger partial charge in [0.2, 0.25) is 0 Å². The molecule has 7 heteroatoms. The van der Waals surface area contributed by atoms with Gasteiger partial charge in [0.15, 0.2) is 0 Å². The van der Waals surface area contributed by atoms with Gasteiger partial charge in [0.25, 0.3) is 10.0 Å². The molecule has 1 aromatic rings. The Labute approximate surface area is 123 Å². The summed E-state index contributed by atoms with van der Waals surface area (Å²) >= 11 is 8.67. The average molecular weight is 328 g/mol. The summed E-state index contributed by atoms with van der Waals surface area (Å²) in [5, 5.41) is 0. The normalized spacial score (nSPS) is 14.1. The first-order chi connectivity index (χ1) is 8.43. The van der Waals surface area contributed by atoms with Crippen molar-refractivity contribution in [3.8, 4) is 0 Å². The summed E-state index contributed by atoms with van der Waals surface area (Å²) in [6.07, 6.45) is 2.87. The first-order valence-corrected chi connectivity index (χ1v) is 9.73. The molecule has 0 fully saturated rings. The number of hydrogen-bond acceptors (Lipinski definition) is 4. The lowest BCUT2D eigenvalue weighted by molar-refractivity contribution is 0.383. The standard InChI is InChI=1S/C11H18ClNO2S3/c1-9(6-7-16-3)13(2)18(14,15)11-5-4-10(8-12)17-11/h4-5,9H,6-8H2,1-3H3. The molecule has 104 valence electrons. The molecular formula is C11H18ClNO2S3. The van der Waals surface area contributed by atoms with E-state index in [1.54, 1.807) is 30.9 Å². The van der Waals surface area contributed by atoms with Crippen molar-refractivity contribution in [3.05, 3.63) is 17.0 Å². The molecule has 18 heavy (non-hydrogen) atoms. The molecule has 1 heterocycles. The smallest absolute Gasteiger partial charge is 0.206 e. The van der Waals surface area contributed by atoms with Gasteiger partial charge in [0.1, 0.15) is 4.21 Å². The van der Waals surface area contributed by atoms with Crippen molar-refractivity contribution in [1.82, 2.24) is 4.31 Å². The maximum atomic E-state index is 12.4. The molecule has 0 aromatic carbocycles. The van der Waals surface area contributed by atoms with Crippen LogP contribution in [0.2, 0.25) is 0 Å². The number of thiophene rings is 1. The van der Waals surface area contributed by atoms with Crippen LogP contribution in [0.15, 0.2) is 16.3 Å². The molecule has 1 aromatic heterocycles. The third-order valence-corrected chi connectivity index (χ3v) is 7.38. The van der Waals surface area contributed by atoms with Crippen LogP contribution in [0.5, 0.6) is 0 Å². The highest BCUT2D eigenvalue weighted by molar-refractivity contribution is 7.98. The van der Waals surface area contributed by atoms with Crippen LogP contribution >= 0.6 is 34.7 Å². The molecule has 0 aliphatic heterocycles. The molecule has 0 N–H and O–H groups in total. The second kappa shape index (κ2) is 7.14. The summed E-state index contributed by atoms with van der Waals surface area (Å²) in [7, 11) is -1.73. The van der Waals surface area contributed by atoms with Crippen LogP contribution < -0.4 is 0 Å². The molecule has 0 radical (unpaired) electrons. The van der Waals surface area contributed by atoms with E-state index in [0.717, 1.165) is 17.1 Å². The van der Waals surface area contributed by atoms with E-state index in [2.05, 4.69) is 0 Å². The van der Waals surface area contributed by atoms with Crippen LogP contribution in [-0.4, -0.2) is 37.8 Å². The largest absolute Gasteiger partial charge is 0.252 e. The fraction of sp³-hybridized carbons (Fsp3) is 0.636. The van der Waals surface area contributed by atoms with Crippen molar-refractivity contribution in [2.24, 2.45) is 0 Å². The Morgan fingerprint density at radius 1 is 1.50 bits per heavy atom. The lowest BCUT2D eigenvalue weighted by Crippen LogP contribution is -2.35. The van der Waals surface area contributed by atoms with Crippen LogP contribution in [-0.2, 0) is 15.9 Å². The van der Waals surface area contributed by atoms with E-state index in [4.69, 9.17) is 11.6 Å².